The number of nitrogens with zero attached hydrogens (tertiary/aromatic N) is 2. The van der Waals surface area contributed by atoms with Gasteiger partial charge >= 0.3 is 0 Å². The zero-order valence-electron chi connectivity index (χ0n) is 14.4. The SMILES string of the molecule is O=C1CCC(N2Cc3c(cccc3-c3ccnc4[nH]ccc34)C2=O)C(=O)N1. The number of hydrogen-bond acceptors (Lipinski definition) is 4. The third-order valence-electron chi connectivity index (χ3n) is 5.33. The van der Waals surface area contributed by atoms with Crippen LogP contribution in [0, 0.1) is 0 Å². The Morgan fingerprint density at radius 1 is 1.04 bits per heavy atom. The molecule has 1 aromatic carbocycles. The van der Waals surface area contributed by atoms with E-state index in [1.807, 2.05) is 30.5 Å². The number of carbonyl (C=O) groups excluding carboxylic acids is 3. The standard InChI is InChI=1S/C20H16N4O3/c25-17-5-4-16(19(26)23-17)24-10-15-11(2-1-3-14(15)20(24)27)12-6-8-21-18-13(12)7-9-22-18/h1-3,6-9,16H,4-5,10H2,(H,21,22)(H,23,25,26). The van der Waals surface area contributed by atoms with Crippen LogP contribution in [0.4, 0.5) is 0 Å². The van der Waals surface area contributed by atoms with Crippen LogP contribution >= 0.6 is 0 Å². The molecule has 5 rings (SSSR count). The van der Waals surface area contributed by atoms with Gasteiger partial charge in [-0.25, -0.2) is 4.98 Å². The number of H-pyrrole nitrogens is 1. The molecule has 27 heavy (non-hydrogen) atoms. The van der Waals surface area contributed by atoms with E-state index < -0.39 is 11.9 Å². The lowest BCUT2D eigenvalue weighted by Crippen LogP contribution is -2.52. The molecule has 2 aromatic heterocycles. The summed E-state index contributed by atoms with van der Waals surface area (Å²) in [6.07, 6.45) is 4.18. The lowest BCUT2D eigenvalue weighted by Gasteiger charge is -2.29. The maximum Gasteiger partial charge on any atom is 0.255 e. The summed E-state index contributed by atoms with van der Waals surface area (Å²) in [5.41, 5.74) is 4.26. The summed E-state index contributed by atoms with van der Waals surface area (Å²) in [6.45, 7) is 0.352. The van der Waals surface area contributed by atoms with Crippen LogP contribution in [0.1, 0.15) is 28.8 Å². The highest BCUT2D eigenvalue weighted by Crippen LogP contribution is 2.37. The van der Waals surface area contributed by atoms with Crippen LogP contribution in [0.5, 0.6) is 0 Å². The Labute approximate surface area is 154 Å². The summed E-state index contributed by atoms with van der Waals surface area (Å²) >= 11 is 0. The average molecular weight is 360 g/mol. The van der Waals surface area contributed by atoms with Crippen molar-refractivity contribution in [1.82, 2.24) is 20.2 Å². The largest absolute Gasteiger partial charge is 0.346 e. The number of aromatic nitrogens is 2. The fourth-order valence-electron chi connectivity index (χ4n) is 4.03. The lowest BCUT2D eigenvalue weighted by atomic mass is 9.96. The molecule has 7 heteroatoms. The quantitative estimate of drug-likeness (QED) is 0.683. The van der Waals surface area contributed by atoms with Gasteiger partial charge in [0, 0.05) is 36.3 Å². The van der Waals surface area contributed by atoms with Crippen LogP contribution in [0.2, 0.25) is 0 Å². The van der Waals surface area contributed by atoms with Gasteiger partial charge in [0.05, 0.1) is 0 Å². The van der Waals surface area contributed by atoms with Crippen molar-refractivity contribution in [2.75, 3.05) is 0 Å². The number of carbonyl (C=O) groups is 3. The van der Waals surface area contributed by atoms with Gasteiger partial charge in [-0.05, 0) is 41.3 Å². The number of nitrogens with one attached hydrogen (secondary N) is 2. The maximum absolute atomic E-state index is 13.0. The van der Waals surface area contributed by atoms with Crippen molar-refractivity contribution in [2.24, 2.45) is 0 Å². The van der Waals surface area contributed by atoms with Gasteiger partial charge in [-0.1, -0.05) is 12.1 Å². The predicted octanol–water partition coefficient (Wildman–Crippen LogP) is 1.99. The number of pyridine rings is 1. The first-order chi connectivity index (χ1) is 13.1. The molecule has 2 aliphatic rings. The second kappa shape index (κ2) is 5.77. The molecule has 4 heterocycles. The van der Waals surface area contributed by atoms with Gasteiger partial charge in [-0.15, -0.1) is 0 Å². The zero-order chi connectivity index (χ0) is 18.5. The van der Waals surface area contributed by atoms with Crippen molar-refractivity contribution in [3.8, 4) is 11.1 Å². The Morgan fingerprint density at radius 2 is 1.89 bits per heavy atom. The molecule has 1 saturated heterocycles. The second-order valence-electron chi connectivity index (χ2n) is 6.83. The topological polar surface area (TPSA) is 95.2 Å². The molecular formula is C20H16N4O3. The molecule has 3 amide bonds. The maximum atomic E-state index is 13.0. The molecule has 1 fully saturated rings. The van der Waals surface area contributed by atoms with Gasteiger partial charge in [-0.2, -0.15) is 0 Å². The van der Waals surface area contributed by atoms with Crippen molar-refractivity contribution in [1.29, 1.82) is 0 Å². The van der Waals surface area contributed by atoms with Crippen LogP contribution in [0.25, 0.3) is 22.2 Å². The Morgan fingerprint density at radius 3 is 2.74 bits per heavy atom. The Kier molecular flexibility index (Phi) is 3.36. The highest BCUT2D eigenvalue weighted by Gasteiger charge is 2.39. The Bertz CT molecular complexity index is 1120. The third-order valence-corrected chi connectivity index (χ3v) is 5.33. The van der Waals surface area contributed by atoms with Crippen LogP contribution in [-0.2, 0) is 16.1 Å². The summed E-state index contributed by atoms with van der Waals surface area (Å²) < 4.78 is 0. The Hall–Kier alpha value is -3.48. The number of benzene rings is 1. The van der Waals surface area contributed by atoms with Crippen LogP contribution in [-0.4, -0.2) is 38.6 Å². The first-order valence-corrected chi connectivity index (χ1v) is 8.82. The minimum Gasteiger partial charge on any atom is -0.346 e. The van der Waals surface area contributed by atoms with Gasteiger partial charge in [0.1, 0.15) is 11.7 Å². The number of fused-ring (bicyclic) bond motifs is 2. The molecule has 3 aromatic rings. The van der Waals surface area contributed by atoms with E-state index in [-0.39, 0.29) is 18.2 Å². The first-order valence-electron chi connectivity index (χ1n) is 8.82. The summed E-state index contributed by atoms with van der Waals surface area (Å²) in [5, 5.41) is 3.32. The fraction of sp³-hybridized carbons (Fsp3) is 0.200. The van der Waals surface area contributed by atoms with Gasteiger partial charge in [0.2, 0.25) is 11.8 Å². The van der Waals surface area contributed by atoms with E-state index in [0.717, 1.165) is 27.7 Å². The summed E-state index contributed by atoms with van der Waals surface area (Å²) in [7, 11) is 0. The van der Waals surface area contributed by atoms with Crippen LogP contribution in [0.3, 0.4) is 0 Å². The highest BCUT2D eigenvalue weighted by molar-refractivity contribution is 6.07. The molecule has 0 saturated carbocycles. The molecule has 0 radical (unpaired) electrons. The van der Waals surface area contributed by atoms with Gasteiger partial charge in [-0.3, -0.25) is 19.7 Å². The number of piperidine rings is 1. The number of aromatic amines is 1. The predicted molar refractivity (Wildman–Crippen MR) is 97.6 cm³/mol. The van der Waals surface area contributed by atoms with E-state index in [2.05, 4.69) is 15.3 Å². The molecular weight excluding hydrogens is 344 g/mol. The van der Waals surface area contributed by atoms with Crippen molar-refractivity contribution in [2.45, 2.75) is 25.4 Å². The van der Waals surface area contributed by atoms with Crippen LogP contribution < -0.4 is 5.32 Å². The van der Waals surface area contributed by atoms with Crippen molar-refractivity contribution in [3.63, 3.8) is 0 Å². The highest BCUT2D eigenvalue weighted by atomic mass is 16.2. The zero-order valence-corrected chi connectivity index (χ0v) is 14.4. The molecule has 134 valence electrons. The van der Waals surface area contributed by atoms with E-state index in [9.17, 15) is 14.4 Å². The monoisotopic (exact) mass is 360 g/mol. The van der Waals surface area contributed by atoms with Crippen molar-refractivity contribution in [3.05, 3.63) is 53.9 Å². The first kappa shape index (κ1) is 15.7. The molecule has 2 N–H and O–H groups in total. The number of rotatable bonds is 2. The van der Waals surface area contributed by atoms with E-state index >= 15 is 0 Å². The molecule has 2 aliphatic heterocycles. The third kappa shape index (κ3) is 2.35. The number of imide groups is 1. The van der Waals surface area contributed by atoms with E-state index in [1.165, 1.54) is 0 Å². The Balaban J connectivity index is 1.58. The molecule has 1 atom stereocenters. The van der Waals surface area contributed by atoms with E-state index in [0.29, 0.717) is 18.5 Å². The second-order valence-corrected chi connectivity index (χ2v) is 6.83. The van der Waals surface area contributed by atoms with Crippen molar-refractivity contribution >= 4 is 28.8 Å². The average Bonchev–Trinajstić information content (AvgIpc) is 3.27. The molecule has 1 unspecified atom stereocenters. The van der Waals surface area contributed by atoms with Gasteiger partial charge in [0.15, 0.2) is 0 Å². The smallest absolute Gasteiger partial charge is 0.255 e. The summed E-state index contributed by atoms with van der Waals surface area (Å²) in [4.78, 5) is 45.6. The molecule has 7 nitrogen and oxygen atoms in total. The van der Waals surface area contributed by atoms with Crippen molar-refractivity contribution < 1.29 is 14.4 Å². The fourth-order valence-corrected chi connectivity index (χ4v) is 4.03. The molecule has 0 spiro atoms. The lowest BCUT2D eigenvalue weighted by molar-refractivity contribution is -0.136. The number of hydrogen-bond donors (Lipinski definition) is 2. The molecule has 0 aliphatic carbocycles. The molecule has 0 bridgehead atoms. The summed E-state index contributed by atoms with van der Waals surface area (Å²) in [5.74, 6) is -0.848. The summed E-state index contributed by atoms with van der Waals surface area (Å²) in [6, 6.07) is 8.93. The minimum atomic E-state index is -0.611. The van der Waals surface area contributed by atoms with E-state index in [4.69, 9.17) is 0 Å². The van der Waals surface area contributed by atoms with Crippen LogP contribution in [0.15, 0.2) is 42.7 Å². The number of amides is 3. The minimum absolute atomic E-state index is 0.166. The van der Waals surface area contributed by atoms with E-state index in [1.54, 1.807) is 17.2 Å². The van der Waals surface area contributed by atoms with Gasteiger partial charge in [0.25, 0.3) is 5.91 Å². The normalized spacial score (nSPS) is 19.5. The van der Waals surface area contributed by atoms with Gasteiger partial charge < -0.3 is 9.88 Å².